The molecule has 0 spiro atoms. The molecule has 11 heavy (non-hydrogen) atoms. The molecular formula is C10H22Be. The molecule has 0 bridgehead atoms. The first-order chi connectivity index (χ1) is 5.41. The van der Waals surface area contributed by atoms with Crippen LogP contribution >= 0.6 is 0 Å². The van der Waals surface area contributed by atoms with Crippen molar-refractivity contribution in [2.24, 2.45) is 0 Å². The van der Waals surface area contributed by atoms with Gasteiger partial charge < -0.3 is 0 Å². The molecule has 0 aliphatic carbocycles. The molecule has 0 atom stereocenters. The van der Waals surface area contributed by atoms with E-state index >= 15 is 0 Å². The van der Waals surface area contributed by atoms with E-state index in [0.29, 0.717) is 0 Å². The van der Waals surface area contributed by atoms with Gasteiger partial charge in [0.1, 0.15) is 0 Å². The average Bonchev–Trinajstić information content (AvgIpc) is 2.03. The summed E-state index contributed by atoms with van der Waals surface area (Å²) in [6, 6.07) is 0. The Balaban J connectivity index is 2.69. The van der Waals surface area contributed by atoms with Crippen LogP contribution in [0.5, 0.6) is 0 Å². The Morgan fingerprint density at radius 2 is 1.18 bits per heavy atom. The van der Waals surface area contributed by atoms with Gasteiger partial charge in [0.2, 0.25) is 0 Å². The first-order valence-corrected chi connectivity index (χ1v) is 5.41. The van der Waals surface area contributed by atoms with Crippen molar-refractivity contribution >= 4 is 8.78 Å². The molecule has 0 N–H and O–H groups in total. The van der Waals surface area contributed by atoms with Gasteiger partial charge in [-0.2, -0.15) is 0 Å². The van der Waals surface area contributed by atoms with Gasteiger partial charge in [0, 0.05) is 0 Å². The van der Waals surface area contributed by atoms with E-state index in [4.69, 9.17) is 0 Å². The first-order valence-electron chi connectivity index (χ1n) is 5.41. The number of unbranched alkanes of at least 4 members (excludes halogenated alkanes) is 4. The van der Waals surface area contributed by atoms with Crippen LogP contribution in [0.2, 0.25) is 12.3 Å². The standard InChI is InChI=1S/2C5H11.Be/c2*1-3-5-4-2;/h2*1,3-5H2,2H3;. The van der Waals surface area contributed by atoms with Crippen molar-refractivity contribution in [3.8, 4) is 0 Å². The molecule has 0 nitrogen and oxygen atoms in total. The van der Waals surface area contributed by atoms with Crippen LogP contribution < -0.4 is 0 Å². The van der Waals surface area contributed by atoms with Crippen molar-refractivity contribution in [2.45, 2.75) is 64.6 Å². The molecule has 0 aromatic rings. The Hall–Kier alpha value is 0.169. The molecule has 0 aliphatic heterocycles. The Bertz CT molecular complexity index is 53.9. The third-order valence-electron chi connectivity index (χ3n) is 2.21. The van der Waals surface area contributed by atoms with Crippen LogP contribution in [0.25, 0.3) is 0 Å². The van der Waals surface area contributed by atoms with Gasteiger partial charge in [-0.25, -0.2) is 0 Å². The van der Waals surface area contributed by atoms with Crippen LogP contribution in [0.15, 0.2) is 0 Å². The van der Waals surface area contributed by atoms with Gasteiger partial charge in [0.05, 0.1) is 0 Å². The Morgan fingerprint density at radius 1 is 0.727 bits per heavy atom. The second-order valence-electron chi connectivity index (χ2n) is 3.47. The van der Waals surface area contributed by atoms with Crippen LogP contribution in [-0.2, 0) is 0 Å². The number of hydrogen-bond donors (Lipinski definition) is 0. The second kappa shape index (κ2) is 10.2. The van der Waals surface area contributed by atoms with E-state index in [9.17, 15) is 0 Å². The van der Waals surface area contributed by atoms with Crippen LogP contribution in [0.1, 0.15) is 52.4 Å². The summed E-state index contributed by atoms with van der Waals surface area (Å²) < 4.78 is 0. The zero-order valence-electron chi connectivity index (χ0n) is 8.36. The molecular weight excluding hydrogens is 129 g/mol. The van der Waals surface area contributed by atoms with Gasteiger partial charge in [-0.15, -0.1) is 0 Å². The van der Waals surface area contributed by atoms with E-state index in [-0.39, 0.29) is 0 Å². The van der Waals surface area contributed by atoms with E-state index in [1.807, 2.05) is 0 Å². The van der Waals surface area contributed by atoms with Crippen LogP contribution in [0.3, 0.4) is 0 Å². The first kappa shape index (κ1) is 11.2. The molecule has 0 amide bonds. The summed E-state index contributed by atoms with van der Waals surface area (Å²) in [5.74, 6) is 0. The normalized spacial score (nSPS) is 9.64. The Kier molecular flexibility index (Phi) is 10.3. The summed E-state index contributed by atoms with van der Waals surface area (Å²) in [5, 5.41) is 0. The van der Waals surface area contributed by atoms with Gasteiger partial charge in [-0.3, -0.25) is 0 Å². The van der Waals surface area contributed by atoms with Gasteiger partial charge in [-0.05, 0) is 0 Å². The Labute approximate surface area is 74.1 Å². The predicted octanol–water partition coefficient (Wildman–Crippen LogP) is 3.91. The maximum atomic E-state index is 2.27. The van der Waals surface area contributed by atoms with Crippen molar-refractivity contribution in [2.75, 3.05) is 0 Å². The summed E-state index contributed by atoms with van der Waals surface area (Å²) in [6.07, 6.45) is 11.5. The van der Waals surface area contributed by atoms with Gasteiger partial charge in [-0.1, -0.05) is 0 Å². The molecule has 0 heterocycles. The van der Waals surface area contributed by atoms with Crippen LogP contribution in [0, 0.1) is 0 Å². The molecule has 0 aromatic carbocycles. The summed E-state index contributed by atoms with van der Waals surface area (Å²) in [5.41, 5.74) is 0. The van der Waals surface area contributed by atoms with E-state index in [1.165, 1.54) is 59.6 Å². The van der Waals surface area contributed by atoms with E-state index in [1.54, 1.807) is 0 Å². The molecule has 0 fully saturated rings. The molecule has 64 valence electrons. The predicted molar refractivity (Wildman–Crippen MR) is 54.4 cm³/mol. The Morgan fingerprint density at radius 3 is 1.55 bits per heavy atom. The third kappa shape index (κ3) is 10.2. The zero-order valence-corrected chi connectivity index (χ0v) is 8.36. The molecule has 1 heteroatoms. The molecule has 0 saturated heterocycles. The fourth-order valence-electron chi connectivity index (χ4n) is 1.38. The summed E-state index contributed by atoms with van der Waals surface area (Å²) >= 11 is 0. The van der Waals surface area contributed by atoms with Crippen molar-refractivity contribution in [1.82, 2.24) is 0 Å². The average molecular weight is 151 g/mol. The van der Waals surface area contributed by atoms with Crippen molar-refractivity contribution in [1.29, 1.82) is 0 Å². The van der Waals surface area contributed by atoms with Crippen molar-refractivity contribution in [3.63, 3.8) is 0 Å². The van der Waals surface area contributed by atoms with Crippen LogP contribution in [-0.4, -0.2) is 8.78 Å². The molecule has 0 rings (SSSR count). The number of rotatable bonds is 8. The van der Waals surface area contributed by atoms with Crippen molar-refractivity contribution < 1.29 is 0 Å². The molecule has 0 radical (unpaired) electrons. The minimum atomic E-state index is 1.37. The quantitative estimate of drug-likeness (QED) is 0.364. The van der Waals surface area contributed by atoms with Crippen molar-refractivity contribution in [3.05, 3.63) is 0 Å². The van der Waals surface area contributed by atoms with Gasteiger partial charge in [0.15, 0.2) is 0 Å². The van der Waals surface area contributed by atoms with E-state index in [0.717, 1.165) is 0 Å². The molecule has 0 aliphatic rings. The molecule has 0 unspecified atom stereocenters. The maximum absolute atomic E-state index is 2.27. The number of hydrogen-bond acceptors (Lipinski definition) is 0. The van der Waals surface area contributed by atoms with Gasteiger partial charge in [0.25, 0.3) is 0 Å². The second-order valence-corrected chi connectivity index (χ2v) is 3.47. The SMILES string of the molecule is CCCC[CH2][Be][CH2]CCCC. The zero-order chi connectivity index (χ0) is 8.36. The summed E-state index contributed by atoms with van der Waals surface area (Å²) in [7, 11) is 1.47. The summed E-state index contributed by atoms with van der Waals surface area (Å²) in [6.45, 7) is 4.55. The summed E-state index contributed by atoms with van der Waals surface area (Å²) in [4.78, 5) is 0. The third-order valence-corrected chi connectivity index (χ3v) is 2.21. The van der Waals surface area contributed by atoms with E-state index in [2.05, 4.69) is 13.8 Å². The van der Waals surface area contributed by atoms with Gasteiger partial charge >= 0.3 is 73.4 Å². The topological polar surface area (TPSA) is 0 Å². The monoisotopic (exact) mass is 151 g/mol. The van der Waals surface area contributed by atoms with E-state index < -0.39 is 0 Å². The molecule has 0 aromatic heterocycles. The van der Waals surface area contributed by atoms with Crippen LogP contribution in [0.4, 0.5) is 0 Å². The fourth-order valence-corrected chi connectivity index (χ4v) is 1.38. The molecule has 0 saturated carbocycles. The minimum absolute atomic E-state index is 1.37. The fraction of sp³-hybridized carbons (Fsp3) is 1.00.